The van der Waals surface area contributed by atoms with Gasteiger partial charge in [-0.2, -0.15) is 13.2 Å². The summed E-state index contributed by atoms with van der Waals surface area (Å²) in [6, 6.07) is 11.1. The summed E-state index contributed by atoms with van der Waals surface area (Å²) in [5.74, 6) is 1.39. The van der Waals surface area contributed by atoms with Crippen LogP contribution < -0.4 is 19.7 Å². The average Bonchev–Trinajstić information content (AvgIpc) is 3.61. The van der Waals surface area contributed by atoms with Crippen molar-refractivity contribution in [3.05, 3.63) is 53.2 Å². The summed E-state index contributed by atoms with van der Waals surface area (Å²) in [6.45, 7) is 1.87. The van der Waals surface area contributed by atoms with Gasteiger partial charge in [0.1, 0.15) is 23.1 Å². The first-order chi connectivity index (χ1) is 21.7. The molecule has 0 spiro atoms. The van der Waals surface area contributed by atoms with Crippen LogP contribution >= 0.6 is 23.7 Å². The molecule has 1 aliphatic carbocycles. The van der Waals surface area contributed by atoms with Gasteiger partial charge in [-0.25, -0.2) is 9.97 Å². The number of thiophene rings is 1. The number of benzene rings is 1. The predicted octanol–water partition coefficient (Wildman–Crippen LogP) is 5.36. The molecule has 4 atom stereocenters. The predicted molar refractivity (Wildman–Crippen MR) is 171 cm³/mol. The monoisotopic (exact) mass is 680 g/mol. The molecule has 3 aromatic heterocycles. The Morgan fingerprint density at radius 1 is 1.13 bits per heavy atom. The second-order valence-electron chi connectivity index (χ2n) is 11.5. The smallest absolute Gasteiger partial charge is 0.393 e. The van der Waals surface area contributed by atoms with Crippen molar-refractivity contribution in [3.63, 3.8) is 0 Å². The molecule has 1 aliphatic heterocycles. The Balaban J connectivity index is 0.00000417. The van der Waals surface area contributed by atoms with E-state index in [-0.39, 0.29) is 35.5 Å². The van der Waals surface area contributed by atoms with Crippen LogP contribution in [-0.4, -0.2) is 83.1 Å². The second kappa shape index (κ2) is 14.6. The molecular formula is C31H36ClF3N6O4S. The van der Waals surface area contributed by atoms with Gasteiger partial charge < -0.3 is 29.5 Å². The Morgan fingerprint density at radius 2 is 1.93 bits per heavy atom. The van der Waals surface area contributed by atoms with E-state index >= 15 is 0 Å². The zero-order valence-corrected chi connectivity index (χ0v) is 27.0. The summed E-state index contributed by atoms with van der Waals surface area (Å²) in [6.07, 6.45) is -1.60. The minimum Gasteiger partial charge on any atom is -0.491 e. The number of aliphatic hydroxyl groups is 1. The molecule has 1 unspecified atom stereocenters. The standard InChI is InChI=1S/C31H35F3N6O4S.ClH/c1-40(28-23-12-22(14-31(32,33)34)45-30(23)37-17-36-28)25-10-20(11-26(25)41)35-15-18-5-7-19(8-6-18)24-13-27(42-2)29(39-38-24)44-21-4-3-9-43-16-21;/h5-8,12-13,17,20-21,25-26,35,41H,3-4,9-11,14-16H2,1-2H3;1H/t20-,21?,25+,26-;/m1./s1. The van der Waals surface area contributed by atoms with Crippen LogP contribution in [0, 0.1) is 0 Å². The highest BCUT2D eigenvalue weighted by Crippen LogP contribution is 2.36. The van der Waals surface area contributed by atoms with Crippen molar-refractivity contribution in [3.8, 4) is 22.9 Å². The molecule has 1 saturated carbocycles. The molecule has 2 aliphatic rings. The van der Waals surface area contributed by atoms with Crippen molar-refractivity contribution >= 4 is 39.8 Å². The van der Waals surface area contributed by atoms with Crippen LogP contribution in [0.15, 0.2) is 42.7 Å². The Bertz CT molecular complexity index is 1610. The first kappa shape index (κ1) is 34.0. The number of fused-ring (bicyclic) bond motifs is 1. The lowest BCUT2D eigenvalue weighted by atomic mass is 10.1. The lowest BCUT2D eigenvalue weighted by Crippen LogP contribution is -2.38. The van der Waals surface area contributed by atoms with Gasteiger partial charge in [0.25, 0.3) is 5.88 Å². The molecular weight excluding hydrogens is 645 g/mol. The number of halogens is 4. The zero-order valence-electron chi connectivity index (χ0n) is 25.4. The minimum atomic E-state index is -4.30. The summed E-state index contributed by atoms with van der Waals surface area (Å²) in [5, 5.41) is 23.7. The van der Waals surface area contributed by atoms with E-state index in [2.05, 4.69) is 25.5 Å². The van der Waals surface area contributed by atoms with E-state index in [4.69, 9.17) is 14.2 Å². The highest BCUT2D eigenvalue weighted by Gasteiger charge is 2.37. The molecule has 2 fully saturated rings. The normalized spacial score (nSPS) is 21.6. The van der Waals surface area contributed by atoms with E-state index in [1.807, 2.05) is 42.3 Å². The third-order valence-corrected chi connectivity index (χ3v) is 9.29. The number of methoxy groups -OCH3 is 1. The fraction of sp³-hybridized carbons (Fsp3) is 0.484. The number of aromatic nitrogens is 4. The first-order valence-electron chi connectivity index (χ1n) is 14.9. The van der Waals surface area contributed by atoms with Gasteiger partial charge in [0, 0.05) is 42.7 Å². The number of nitrogens with one attached hydrogen (secondary N) is 1. The summed E-state index contributed by atoms with van der Waals surface area (Å²) in [7, 11) is 3.39. The van der Waals surface area contributed by atoms with Crippen LogP contribution in [0.2, 0.25) is 0 Å². The summed E-state index contributed by atoms with van der Waals surface area (Å²) >= 11 is 1.02. The summed E-state index contributed by atoms with van der Waals surface area (Å²) in [4.78, 5) is 11.1. The molecule has 4 heterocycles. The highest BCUT2D eigenvalue weighted by molar-refractivity contribution is 7.18. The van der Waals surface area contributed by atoms with Crippen LogP contribution in [0.3, 0.4) is 0 Å². The molecule has 15 heteroatoms. The number of alkyl halides is 3. The third kappa shape index (κ3) is 7.97. The second-order valence-corrected chi connectivity index (χ2v) is 12.6. The molecule has 0 radical (unpaired) electrons. The number of rotatable bonds is 10. The number of hydrogen-bond acceptors (Lipinski definition) is 11. The molecule has 46 heavy (non-hydrogen) atoms. The molecule has 4 aromatic rings. The molecule has 10 nitrogen and oxygen atoms in total. The molecule has 1 aromatic carbocycles. The van der Waals surface area contributed by atoms with Gasteiger partial charge in [0.2, 0.25) is 0 Å². The van der Waals surface area contributed by atoms with Crippen LogP contribution in [-0.2, 0) is 17.7 Å². The number of aliphatic hydroxyl groups excluding tert-OH is 1. The maximum Gasteiger partial charge on any atom is 0.393 e. The van der Waals surface area contributed by atoms with Crippen molar-refractivity contribution < 1.29 is 32.5 Å². The van der Waals surface area contributed by atoms with E-state index in [9.17, 15) is 18.3 Å². The molecule has 0 bridgehead atoms. The van der Waals surface area contributed by atoms with E-state index in [1.165, 1.54) is 12.4 Å². The Hall–Kier alpha value is -3.30. The van der Waals surface area contributed by atoms with Gasteiger partial charge in [-0.3, -0.25) is 0 Å². The Morgan fingerprint density at radius 3 is 2.65 bits per heavy atom. The average molecular weight is 681 g/mol. The molecule has 1 saturated heterocycles. The van der Waals surface area contributed by atoms with Crippen LogP contribution in [0.5, 0.6) is 11.6 Å². The van der Waals surface area contributed by atoms with E-state index in [1.54, 1.807) is 7.11 Å². The fourth-order valence-electron chi connectivity index (χ4n) is 5.94. The number of anilines is 1. The quantitative estimate of drug-likeness (QED) is 0.227. The lowest BCUT2D eigenvalue weighted by molar-refractivity contribution is -0.126. The van der Waals surface area contributed by atoms with Gasteiger partial charge in [-0.05, 0) is 37.3 Å². The van der Waals surface area contributed by atoms with E-state index in [0.29, 0.717) is 59.4 Å². The number of nitrogens with zero attached hydrogens (tertiary/aromatic N) is 5. The molecule has 0 amide bonds. The van der Waals surface area contributed by atoms with Gasteiger partial charge in [-0.15, -0.1) is 33.9 Å². The Labute approximate surface area is 274 Å². The van der Waals surface area contributed by atoms with Crippen molar-refractivity contribution in [1.82, 2.24) is 25.5 Å². The van der Waals surface area contributed by atoms with Gasteiger partial charge in [0.05, 0.1) is 43.4 Å². The molecule has 2 N–H and O–H groups in total. The number of ether oxygens (including phenoxy) is 3. The topological polar surface area (TPSA) is 115 Å². The minimum absolute atomic E-state index is 0. The zero-order chi connectivity index (χ0) is 31.6. The van der Waals surface area contributed by atoms with Gasteiger partial charge >= 0.3 is 6.18 Å². The number of hydrogen-bond donors (Lipinski definition) is 2. The van der Waals surface area contributed by atoms with Crippen molar-refractivity contribution in [2.24, 2.45) is 0 Å². The summed E-state index contributed by atoms with van der Waals surface area (Å²) < 4.78 is 55.9. The lowest BCUT2D eigenvalue weighted by Gasteiger charge is -2.28. The first-order valence-corrected chi connectivity index (χ1v) is 15.7. The SMILES string of the molecule is COc1cc(-c2ccc(CN[C@H]3C[C@@H](O)[C@@H](N(C)c4ncnc5sc(CC(F)(F)F)cc45)C3)cc2)nnc1OC1CCCOC1.Cl. The van der Waals surface area contributed by atoms with Gasteiger partial charge in [0.15, 0.2) is 5.75 Å². The van der Waals surface area contributed by atoms with Crippen LogP contribution in [0.1, 0.15) is 36.1 Å². The molecule has 248 valence electrons. The maximum atomic E-state index is 13.0. The Kier molecular flexibility index (Phi) is 10.8. The summed E-state index contributed by atoms with van der Waals surface area (Å²) in [5.41, 5.74) is 2.62. The highest BCUT2D eigenvalue weighted by atomic mass is 35.5. The van der Waals surface area contributed by atoms with E-state index < -0.39 is 18.7 Å². The fourth-order valence-corrected chi connectivity index (χ4v) is 6.96. The van der Waals surface area contributed by atoms with E-state index in [0.717, 1.165) is 41.9 Å². The molecule has 6 rings (SSSR count). The van der Waals surface area contributed by atoms with Crippen molar-refractivity contribution in [2.75, 3.05) is 32.3 Å². The van der Waals surface area contributed by atoms with Crippen LogP contribution in [0.25, 0.3) is 21.5 Å². The van der Waals surface area contributed by atoms with Crippen LogP contribution in [0.4, 0.5) is 19.0 Å². The maximum absolute atomic E-state index is 13.0. The van der Waals surface area contributed by atoms with Crippen molar-refractivity contribution in [1.29, 1.82) is 0 Å². The van der Waals surface area contributed by atoms with Gasteiger partial charge in [-0.1, -0.05) is 24.3 Å². The third-order valence-electron chi connectivity index (χ3n) is 8.25. The number of likely N-dealkylation sites (N-methyl/N-ethyl adjacent to an activating group) is 1. The largest absolute Gasteiger partial charge is 0.491 e. The van der Waals surface area contributed by atoms with Crippen molar-refractivity contribution in [2.45, 2.75) is 69.1 Å².